The van der Waals surface area contributed by atoms with Gasteiger partial charge in [0.05, 0.1) is 0 Å². The van der Waals surface area contributed by atoms with Crippen LogP contribution in [0.25, 0.3) is 0 Å². The summed E-state index contributed by atoms with van der Waals surface area (Å²) in [5, 5.41) is 8.80. The Morgan fingerprint density at radius 1 is 1.55 bits per heavy atom. The van der Waals surface area contributed by atoms with Crippen molar-refractivity contribution in [2.75, 3.05) is 19.0 Å². The number of hydrogen-bond donors (Lipinski definition) is 1. The van der Waals surface area contributed by atoms with E-state index < -0.39 is 0 Å². The quantitative estimate of drug-likeness (QED) is 0.696. The normalized spacial score (nSPS) is 10.2. The molecule has 0 saturated carbocycles. The molecule has 1 heterocycles. The van der Waals surface area contributed by atoms with E-state index in [9.17, 15) is 0 Å². The van der Waals surface area contributed by atoms with Gasteiger partial charge in [0.25, 0.3) is 0 Å². The van der Waals surface area contributed by atoms with E-state index in [1.165, 1.54) is 0 Å². The maximum Gasteiger partial charge on any atom is 0.195 e. The summed E-state index contributed by atoms with van der Waals surface area (Å²) in [6.07, 6.45) is 0. The van der Waals surface area contributed by atoms with E-state index in [2.05, 4.69) is 0 Å². The van der Waals surface area contributed by atoms with E-state index in [0.717, 1.165) is 11.4 Å². The van der Waals surface area contributed by atoms with Crippen LogP contribution in [0, 0.1) is 6.92 Å². The third kappa shape index (κ3) is 1.54. The molecule has 0 atom stereocenters. The van der Waals surface area contributed by atoms with Crippen molar-refractivity contribution in [3.8, 4) is 0 Å². The molecule has 1 rings (SSSR count). The minimum Gasteiger partial charge on any atom is -0.443 e. The van der Waals surface area contributed by atoms with Gasteiger partial charge in [-0.05, 0) is 12.5 Å². The van der Waals surface area contributed by atoms with Gasteiger partial charge < -0.3 is 14.4 Å². The average molecular weight is 155 g/mol. The summed E-state index contributed by atoms with van der Waals surface area (Å²) in [5.74, 6) is 1.43. The van der Waals surface area contributed by atoms with Gasteiger partial charge in [-0.2, -0.15) is 0 Å². The lowest BCUT2D eigenvalue weighted by atomic mass is 10.3. The minimum atomic E-state index is -0.0281. The SMILES string of the molecule is Cc1cc(N(C)C)oc1CO. The predicted octanol–water partition coefficient (Wildman–Crippen LogP) is 1.15. The van der Waals surface area contributed by atoms with Gasteiger partial charge >= 0.3 is 0 Å². The van der Waals surface area contributed by atoms with Gasteiger partial charge in [-0.3, -0.25) is 0 Å². The largest absolute Gasteiger partial charge is 0.443 e. The van der Waals surface area contributed by atoms with Crippen LogP contribution in [0.15, 0.2) is 10.5 Å². The topological polar surface area (TPSA) is 36.6 Å². The van der Waals surface area contributed by atoms with Gasteiger partial charge in [-0.1, -0.05) is 0 Å². The van der Waals surface area contributed by atoms with Crippen molar-refractivity contribution < 1.29 is 9.52 Å². The Morgan fingerprint density at radius 3 is 2.45 bits per heavy atom. The molecule has 0 unspecified atom stereocenters. The lowest BCUT2D eigenvalue weighted by Gasteiger charge is -2.05. The molecule has 0 aliphatic heterocycles. The van der Waals surface area contributed by atoms with E-state index in [1.807, 2.05) is 32.0 Å². The standard InChI is InChI=1S/C8H13NO2/c1-6-4-8(9(2)3)11-7(6)5-10/h4,10H,5H2,1-3H3. The van der Waals surface area contributed by atoms with Gasteiger partial charge in [0.1, 0.15) is 12.4 Å². The number of anilines is 1. The maximum atomic E-state index is 8.80. The molecular weight excluding hydrogens is 142 g/mol. The molecule has 0 amide bonds. The third-order valence-electron chi connectivity index (χ3n) is 1.59. The summed E-state index contributed by atoms with van der Waals surface area (Å²) in [6, 6.07) is 1.91. The molecule has 3 heteroatoms. The molecule has 0 aromatic carbocycles. The Morgan fingerprint density at radius 2 is 2.18 bits per heavy atom. The Balaban J connectivity index is 2.95. The first kappa shape index (κ1) is 8.14. The van der Waals surface area contributed by atoms with E-state index >= 15 is 0 Å². The molecule has 1 N–H and O–H groups in total. The van der Waals surface area contributed by atoms with E-state index in [4.69, 9.17) is 9.52 Å². The summed E-state index contributed by atoms with van der Waals surface area (Å²) < 4.78 is 5.30. The van der Waals surface area contributed by atoms with Crippen LogP contribution in [0.5, 0.6) is 0 Å². The number of rotatable bonds is 2. The van der Waals surface area contributed by atoms with Crippen molar-refractivity contribution in [1.82, 2.24) is 0 Å². The summed E-state index contributed by atoms with van der Waals surface area (Å²) in [5.41, 5.74) is 0.996. The average Bonchev–Trinajstić information content (AvgIpc) is 2.31. The third-order valence-corrected chi connectivity index (χ3v) is 1.59. The Labute approximate surface area is 66.2 Å². The summed E-state index contributed by atoms with van der Waals surface area (Å²) in [6.45, 7) is 1.89. The van der Waals surface area contributed by atoms with Crippen LogP contribution in [0.4, 0.5) is 5.88 Å². The maximum absolute atomic E-state index is 8.80. The number of furan rings is 1. The van der Waals surface area contributed by atoms with Gasteiger partial charge in [-0.15, -0.1) is 0 Å². The van der Waals surface area contributed by atoms with Crippen molar-refractivity contribution in [3.63, 3.8) is 0 Å². The first-order chi connectivity index (χ1) is 5.15. The molecule has 1 aromatic heterocycles. The molecule has 0 aliphatic carbocycles. The van der Waals surface area contributed by atoms with Crippen LogP contribution in [0.3, 0.4) is 0 Å². The molecule has 0 bridgehead atoms. The second kappa shape index (κ2) is 2.96. The number of nitrogens with zero attached hydrogens (tertiary/aromatic N) is 1. The summed E-state index contributed by atoms with van der Waals surface area (Å²) >= 11 is 0. The fourth-order valence-electron chi connectivity index (χ4n) is 0.879. The molecule has 3 nitrogen and oxygen atoms in total. The van der Waals surface area contributed by atoms with Gasteiger partial charge in [0.15, 0.2) is 5.88 Å². The minimum absolute atomic E-state index is 0.0281. The van der Waals surface area contributed by atoms with Crippen molar-refractivity contribution in [3.05, 3.63) is 17.4 Å². The van der Waals surface area contributed by atoms with E-state index in [-0.39, 0.29) is 6.61 Å². The lowest BCUT2D eigenvalue weighted by Crippen LogP contribution is -2.06. The lowest BCUT2D eigenvalue weighted by molar-refractivity contribution is 0.247. The summed E-state index contributed by atoms with van der Waals surface area (Å²) in [4.78, 5) is 1.87. The van der Waals surface area contributed by atoms with Crippen LogP contribution in [0.1, 0.15) is 11.3 Å². The molecule has 0 spiro atoms. The highest BCUT2D eigenvalue weighted by Crippen LogP contribution is 2.20. The first-order valence-corrected chi connectivity index (χ1v) is 3.52. The highest BCUT2D eigenvalue weighted by Gasteiger charge is 2.06. The molecule has 0 radical (unpaired) electrons. The molecular formula is C8H13NO2. The molecule has 0 saturated heterocycles. The molecule has 1 aromatic rings. The number of aryl methyl sites for hydroxylation is 1. The zero-order valence-electron chi connectivity index (χ0n) is 7.09. The van der Waals surface area contributed by atoms with Gasteiger partial charge in [-0.25, -0.2) is 0 Å². The van der Waals surface area contributed by atoms with Crippen molar-refractivity contribution in [1.29, 1.82) is 0 Å². The Bertz CT molecular complexity index is 240. The molecule has 11 heavy (non-hydrogen) atoms. The fraction of sp³-hybridized carbons (Fsp3) is 0.500. The second-order valence-corrected chi connectivity index (χ2v) is 2.74. The predicted molar refractivity (Wildman–Crippen MR) is 43.7 cm³/mol. The fourth-order valence-corrected chi connectivity index (χ4v) is 0.879. The Hall–Kier alpha value is -0.960. The second-order valence-electron chi connectivity index (χ2n) is 2.74. The monoisotopic (exact) mass is 155 g/mol. The highest BCUT2D eigenvalue weighted by molar-refractivity contribution is 5.38. The number of aliphatic hydroxyl groups excluding tert-OH is 1. The number of aliphatic hydroxyl groups is 1. The summed E-state index contributed by atoms with van der Waals surface area (Å²) in [7, 11) is 3.80. The van der Waals surface area contributed by atoms with Crippen molar-refractivity contribution in [2.24, 2.45) is 0 Å². The van der Waals surface area contributed by atoms with Gasteiger partial charge in [0.2, 0.25) is 0 Å². The smallest absolute Gasteiger partial charge is 0.195 e. The van der Waals surface area contributed by atoms with Crippen LogP contribution in [-0.4, -0.2) is 19.2 Å². The van der Waals surface area contributed by atoms with Crippen LogP contribution >= 0.6 is 0 Å². The zero-order valence-corrected chi connectivity index (χ0v) is 7.09. The van der Waals surface area contributed by atoms with Crippen LogP contribution < -0.4 is 4.90 Å². The molecule has 0 aliphatic rings. The highest BCUT2D eigenvalue weighted by atomic mass is 16.4. The molecule has 0 fully saturated rings. The van der Waals surface area contributed by atoms with E-state index in [0.29, 0.717) is 5.76 Å². The van der Waals surface area contributed by atoms with Gasteiger partial charge in [0, 0.05) is 20.2 Å². The van der Waals surface area contributed by atoms with Crippen molar-refractivity contribution >= 4 is 5.88 Å². The number of hydrogen-bond acceptors (Lipinski definition) is 3. The van der Waals surface area contributed by atoms with Crippen LogP contribution in [-0.2, 0) is 6.61 Å². The molecule has 62 valence electrons. The van der Waals surface area contributed by atoms with Crippen LogP contribution in [0.2, 0.25) is 0 Å². The Kier molecular flexibility index (Phi) is 2.19. The zero-order chi connectivity index (χ0) is 8.43. The first-order valence-electron chi connectivity index (χ1n) is 3.52. The van der Waals surface area contributed by atoms with Crippen molar-refractivity contribution in [2.45, 2.75) is 13.5 Å². The van der Waals surface area contributed by atoms with E-state index in [1.54, 1.807) is 0 Å².